The Kier molecular flexibility index (Phi) is 4.90. The number of aryl methyl sites for hydroxylation is 1. The zero-order valence-electron chi connectivity index (χ0n) is 15.9. The van der Waals surface area contributed by atoms with Gasteiger partial charge >= 0.3 is 0 Å². The Balaban J connectivity index is 1.34. The number of aromatic nitrogens is 3. The predicted octanol–water partition coefficient (Wildman–Crippen LogP) is 2.91. The van der Waals surface area contributed by atoms with Crippen molar-refractivity contribution in [2.24, 2.45) is 5.92 Å². The first-order valence-corrected chi connectivity index (χ1v) is 9.46. The van der Waals surface area contributed by atoms with Crippen LogP contribution in [-0.4, -0.2) is 45.5 Å². The minimum atomic E-state index is 0.0980. The van der Waals surface area contributed by atoms with Crippen molar-refractivity contribution in [2.45, 2.75) is 26.3 Å². The minimum absolute atomic E-state index is 0.0980. The normalized spacial score (nSPS) is 15.9. The van der Waals surface area contributed by atoms with E-state index in [-0.39, 0.29) is 11.8 Å². The SMILES string of the molecule is Cc1cc2ncc(CN3CCC(C(=O)N(C)c4ccccc4)CC3)cn2n1. The Labute approximate surface area is 159 Å². The van der Waals surface area contributed by atoms with Crippen molar-refractivity contribution < 1.29 is 4.79 Å². The molecular weight excluding hydrogens is 338 g/mol. The molecular formula is C21H25N5O. The fraction of sp³-hybridized carbons (Fsp3) is 0.381. The average molecular weight is 363 g/mol. The van der Waals surface area contributed by atoms with E-state index in [0.717, 1.165) is 55.1 Å². The Morgan fingerprint density at radius 1 is 1.22 bits per heavy atom. The molecule has 1 amide bonds. The number of piperidine rings is 1. The van der Waals surface area contributed by atoms with Gasteiger partial charge in [0.25, 0.3) is 0 Å². The third-order valence-corrected chi connectivity index (χ3v) is 5.31. The van der Waals surface area contributed by atoms with Crippen LogP contribution in [0.2, 0.25) is 0 Å². The minimum Gasteiger partial charge on any atom is -0.315 e. The highest BCUT2D eigenvalue weighted by molar-refractivity contribution is 5.94. The largest absolute Gasteiger partial charge is 0.315 e. The topological polar surface area (TPSA) is 53.7 Å². The molecule has 3 aromatic rings. The predicted molar refractivity (Wildman–Crippen MR) is 106 cm³/mol. The summed E-state index contributed by atoms with van der Waals surface area (Å²) < 4.78 is 1.84. The van der Waals surface area contributed by atoms with E-state index in [1.807, 2.05) is 61.1 Å². The number of amides is 1. The van der Waals surface area contributed by atoms with E-state index in [1.165, 1.54) is 0 Å². The van der Waals surface area contributed by atoms with Gasteiger partial charge in [0.05, 0.1) is 5.69 Å². The van der Waals surface area contributed by atoms with Gasteiger partial charge in [-0.3, -0.25) is 9.69 Å². The van der Waals surface area contributed by atoms with Gasteiger partial charge in [-0.2, -0.15) is 5.10 Å². The van der Waals surface area contributed by atoms with E-state index < -0.39 is 0 Å². The van der Waals surface area contributed by atoms with Gasteiger partial charge < -0.3 is 4.90 Å². The smallest absolute Gasteiger partial charge is 0.229 e. The number of anilines is 1. The molecule has 6 heteroatoms. The molecule has 0 radical (unpaired) electrons. The molecule has 0 saturated carbocycles. The quantitative estimate of drug-likeness (QED) is 0.715. The summed E-state index contributed by atoms with van der Waals surface area (Å²) in [6.45, 7) is 4.67. The lowest BCUT2D eigenvalue weighted by Gasteiger charge is -2.33. The van der Waals surface area contributed by atoms with Gasteiger partial charge in [-0.25, -0.2) is 9.50 Å². The van der Waals surface area contributed by atoms with Crippen LogP contribution in [0.15, 0.2) is 48.8 Å². The first kappa shape index (κ1) is 17.7. The summed E-state index contributed by atoms with van der Waals surface area (Å²) in [6.07, 6.45) is 5.77. The molecule has 1 aliphatic heterocycles. The molecule has 0 atom stereocenters. The lowest BCUT2D eigenvalue weighted by Crippen LogP contribution is -2.41. The summed E-state index contributed by atoms with van der Waals surface area (Å²) in [4.78, 5) is 21.5. The second-order valence-corrected chi connectivity index (χ2v) is 7.33. The molecule has 6 nitrogen and oxygen atoms in total. The highest BCUT2D eigenvalue weighted by Crippen LogP contribution is 2.23. The van der Waals surface area contributed by atoms with Crippen LogP contribution in [0.25, 0.3) is 5.65 Å². The molecule has 1 aromatic carbocycles. The molecule has 1 saturated heterocycles. The van der Waals surface area contributed by atoms with E-state index >= 15 is 0 Å². The maximum atomic E-state index is 12.8. The highest BCUT2D eigenvalue weighted by Gasteiger charge is 2.27. The molecule has 0 spiro atoms. The number of nitrogens with zero attached hydrogens (tertiary/aromatic N) is 5. The second-order valence-electron chi connectivity index (χ2n) is 7.33. The number of fused-ring (bicyclic) bond motifs is 1. The summed E-state index contributed by atoms with van der Waals surface area (Å²) in [5.74, 6) is 0.316. The second kappa shape index (κ2) is 7.48. The molecule has 0 N–H and O–H groups in total. The lowest BCUT2D eigenvalue weighted by molar-refractivity contribution is -0.123. The summed E-state index contributed by atoms with van der Waals surface area (Å²) in [5, 5.41) is 4.44. The standard InChI is InChI=1S/C21H25N5O/c1-16-12-20-22-13-17(15-26(20)23-16)14-25-10-8-18(9-11-25)21(27)24(2)19-6-4-3-5-7-19/h3-7,12-13,15,18H,8-11,14H2,1-2H3. The third kappa shape index (κ3) is 3.85. The van der Waals surface area contributed by atoms with Crippen molar-refractivity contribution >= 4 is 17.2 Å². The van der Waals surface area contributed by atoms with Gasteiger partial charge in [-0.15, -0.1) is 0 Å². The van der Waals surface area contributed by atoms with Gasteiger partial charge in [0.2, 0.25) is 5.91 Å². The number of carbonyl (C=O) groups excluding carboxylic acids is 1. The molecule has 3 heterocycles. The van der Waals surface area contributed by atoms with E-state index in [2.05, 4.69) is 21.2 Å². The lowest BCUT2D eigenvalue weighted by atomic mass is 9.95. The molecule has 4 rings (SSSR count). The van der Waals surface area contributed by atoms with Crippen molar-refractivity contribution in [2.75, 3.05) is 25.0 Å². The Morgan fingerprint density at radius 2 is 1.96 bits per heavy atom. The fourth-order valence-electron chi connectivity index (χ4n) is 3.76. The van der Waals surface area contributed by atoms with Crippen molar-refractivity contribution in [1.82, 2.24) is 19.5 Å². The number of rotatable bonds is 4. The van der Waals surface area contributed by atoms with Gasteiger partial charge in [0.15, 0.2) is 5.65 Å². The van der Waals surface area contributed by atoms with Gasteiger partial charge in [0, 0.05) is 49.2 Å². The molecule has 0 bridgehead atoms. The highest BCUT2D eigenvalue weighted by atomic mass is 16.2. The summed E-state index contributed by atoms with van der Waals surface area (Å²) in [6, 6.07) is 11.8. The van der Waals surface area contributed by atoms with E-state index in [4.69, 9.17) is 0 Å². The first-order valence-electron chi connectivity index (χ1n) is 9.46. The monoisotopic (exact) mass is 363 g/mol. The van der Waals surface area contributed by atoms with E-state index in [0.29, 0.717) is 0 Å². The van der Waals surface area contributed by atoms with Crippen molar-refractivity contribution in [1.29, 1.82) is 0 Å². The number of benzene rings is 1. The first-order chi connectivity index (χ1) is 13.1. The number of para-hydroxylation sites is 1. The maximum Gasteiger partial charge on any atom is 0.229 e. The Morgan fingerprint density at radius 3 is 2.70 bits per heavy atom. The van der Waals surface area contributed by atoms with E-state index in [1.54, 1.807) is 4.90 Å². The third-order valence-electron chi connectivity index (χ3n) is 5.31. The molecule has 140 valence electrons. The summed E-state index contributed by atoms with van der Waals surface area (Å²) in [7, 11) is 1.87. The maximum absolute atomic E-state index is 12.8. The number of carbonyl (C=O) groups is 1. The average Bonchev–Trinajstić information content (AvgIpc) is 3.07. The summed E-state index contributed by atoms with van der Waals surface area (Å²) >= 11 is 0. The van der Waals surface area contributed by atoms with Crippen LogP contribution >= 0.6 is 0 Å². The van der Waals surface area contributed by atoms with Crippen LogP contribution in [0.4, 0.5) is 5.69 Å². The fourth-order valence-corrected chi connectivity index (χ4v) is 3.76. The van der Waals surface area contributed by atoms with E-state index in [9.17, 15) is 4.79 Å². The van der Waals surface area contributed by atoms with Crippen molar-refractivity contribution in [3.63, 3.8) is 0 Å². The van der Waals surface area contributed by atoms with Crippen molar-refractivity contribution in [3.8, 4) is 0 Å². The number of hydrogen-bond acceptors (Lipinski definition) is 4. The van der Waals surface area contributed by atoms with Gasteiger partial charge in [-0.1, -0.05) is 18.2 Å². The molecule has 1 fully saturated rings. The van der Waals surface area contributed by atoms with Crippen LogP contribution in [0.3, 0.4) is 0 Å². The van der Waals surface area contributed by atoms with Crippen LogP contribution in [0, 0.1) is 12.8 Å². The molecule has 0 aliphatic carbocycles. The summed E-state index contributed by atoms with van der Waals surface area (Å²) in [5.41, 5.74) is 3.96. The molecule has 27 heavy (non-hydrogen) atoms. The number of hydrogen-bond donors (Lipinski definition) is 0. The van der Waals surface area contributed by atoms with Crippen LogP contribution in [0.1, 0.15) is 24.1 Å². The van der Waals surface area contributed by atoms with Crippen LogP contribution in [0.5, 0.6) is 0 Å². The number of likely N-dealkylation sites (tertiary alicyclic amines) is 1. The Bertz CT molecular complexity index is 928. The molecule has 1 aliphatic rings. The zero-order chi connectivity index (χ0) is 18.8. The van der Waals surface area contributed by atoms with Gasteiger partial charge in [-0.05, 0) is 45.0 Å². The Hall–Kier alpha value is -2.73. The van der Waals surface area contributed by atoms with Gasteiger partial charge in [0.1, 0.15) is 0 Å². The molecule has 0 unspecified atom stereocenters. The molecule has 2 aromatic heterocycles. The van der Waals surface area contributed by atoms with Crippen LogP contribution < -0.4 is 4.90 Å². The van der Waals surface area contributed by atoms with Crippen molar-refractivity contribution in [3.05, 3.63) is 60.0 Å². The van der Waals surface area contributed by atoms with Crippen LogP contribution in [-0.2, 0) is 11.3 Å². The zero-order valence-corrected chi connectivity index (χ0v) is 15.9.